The zero-order valence-corrected chi connectivity index (χ0v) is 20.5. The molecule has 0 radical (unpaired) electrons. The summed E-state index contributed by atoms with van der Waals surface area (Å²) in [7, 11) is -3.99. The number of esters is 1. The number of sulfonamides is 1. The number of nitrogens with one attached hydrogen (secondary N) is 1. The first kappa shape index (κ1) is 24.0. The predicted molar refractivity (Wildman–Crippen MR) is 136 cm³/mol. The number of aryl methyl sites for hydroxylation is 2. The van der Waals surface area contributed by atoms with Crippen LogP contribution < -0.4 is 15.1 Å². The summed E-state index contributed by atoms with van der Waals surface area (Å²) in [6, 6.07) is 19.2. The Kier molecular flexibility index (Phi) is 6.47. The van der Waals surface area contributed by atoms with Gasteiger partial charge >= 0.3 is 11.6 Å². The molecule has 1 atom stereocenters. The number of carbonyl (C=O) groups is 1. The molecule has 0 unspecified atom stereocenters. The molecule has 5 rings (SSSR count). The van der Waals surface area contributed by atoms with Gasteiger partial charge in [0, 0.05) is 17.0 Å². The Bertz CT molecular complexity index is 1590. The summed E-state index contributed by atoms with van der Waals surface area (Å²) < 4.78 is 39.7. The van der Waals surface area contributed by atoms with Gasteiger partial charge in [0.15, 0.2) is 0 Å². The van der Waals surface area contributed by atoms with Crippen molar-refractivity contribution in [1.29, 1.82) is 0 Å². The van der Waals surface area contributed by atoms with Gasteiger partial charge in [-0.25, -0.2) is 18.0 Å². The highest BCUT2D eigenvalue weighted by molar-refractivity contribution is 7.89. The summed E-state index contributed by atoms with van der Waals surface area (Å²) in [5.41, 5.74) is 3.35. The molecule has 1 aromatic heterocycles. The number of rotatable bonds is 7. The van der Waals surface area contributed by atoms with E-state index in [1.165, 1.54) is 18.2 Å². The number of hydrogen-bond donors (Lipinski definition) is 1. The summed E-state index contributed by atoms with van der Waals surface area (Å²) in [5, 5.41) is 0.822. The van der Waals surface area contributed by atoms with Crippen LogP contribution in [0.2, 0.25) is 0 Å². The molecule has 184 valence electrons. The summed E-state index contributed by atoms with van der Waals surface area (Å²) >= 11 is 0. The number of fused-ring (bicyclic) bond motifs is 3. The third-order valence-electron chi connectivity index (χ3n) is 6.36. The van der Waals surface area contributed by atoms with E-state index in [4.69, 9.17) is 9.15 Å². The molecule has 1 N–H and O–H groups in total. The molecule has 7 nitrogen and oxygen atoms in total. The molecule has 0 saturated heterocycles. The van der Waals surface area contributed by atoms with Gasteiger partial charge in [0.25, 0.3) is 0 Å². The van der Waals surface area contributed by atoms with E-state index in [-0.39, 0.29) is 22.7 Å². The molecule has 36 heavy (non-hydrogen) atoms. The monoisotopic (exact) mass is 503 g/mol. The molecule has 0 fully saturated rings. The third-order valence-corrected chi connectivity index (χ3v) is 7.85. The molecule has 0 spiro atoms. The molecule has 8 heteroatoms. The van der Waals surface area contributed by atoms with Crippen LogP contribution in [0, 0.1) is 6.92 Å². The lowest BCUT2D eigenvalue weighted by Gasteiger charge is -2.18. The van der Waals surface area contributed by atoms with Crippen LogP contribution >= 0.6 is 0 Å². The summed E-state index contributed by atoms with van der Waals surface area (Å²) in [6.07, 6.45) is 2.50. The van der Waals surface area contributed by atoms with E-state index in [2.05, 4.69) is 4.72 Å². The minimum absolute atomic E-state index is 0.0558. The zero-order chi connectivity index (χ0) is 25.3. The van der Waals surface area contributed by atoms with Crippen molar-refractivity contribution in [2.24, 2.45) is 0 Å². The quantitative estimate of drug-likeness (QED) is 0.232. The average Bonchev–Trinajstić information content (AvgIpc) is 3.35. The molecule has 1 heterocycles. The maximum absolute atomic E-state index is 13.2. The Morgan fingerprint density at radius 3 is 2.47 bits per heavy atom. The van der Waals surface area contributed by atoms with Crippen LogP contribution in [0.15, 0.2) is 86.9 Å². The van der Waals surface area contributed by atoms with Gasteiger partial charge in [-0.05, 0) is 68.0 Å². The van der Waals surface area contributed by atoms with E-state index in [1.54, 1.807) is 24.3 Å². The number of benzene rings is 3. The van der Waals surface area contributed by atoms with Crippen LogP contribution in [0.4, 0.5) is 0 Å². The Balaban J connectivity index is 1.43. The summed E-state index contributed by atoms with van der Waals surface area (Å²) in [5.74, 6) is -0.599. The Morgan fingerprint density at radius 2 is 1.72 bits per heavy atom. The second kappa shape index (κ2) is 9.72. The third kappa shape index (κ3) is 4.96. The minimum Gasteiger partial charge on any atom is -0.425 e. The van der Waals surface area contributed by atoms with Crippen molar-refractivity contribution in [3.8, 4) is 5.75 Å². The molecule has 1 aliphatic carbocycles. The lowest BCUT2D eigenvalue weighted by Crippen LogP contribution is -2.44. The first-order chi connectivity index (χ1) is 17.3. The molecule has 0 saturated carbocycles. The maximum atomic E-state index is 13.2. The predicted octanol–water partition coefficient (Wildman–Crippen LogP) is 4.09. The van der Waals surface area contributed by atoms with Crippen molar-refractivity contribution in [2.45, 2.75) is 43.5 Å². The zero-order valence-electron chi connectivity index (χ0n) is 19.7. The highest BCUT2D eigenvalue weighted by Gasteiger charge is 2.28. The number of ether oxygens (including phenoxy) is 1. The Morgan fingerprint density at radius 1 is 1.00 bits per heavy atom. The largest absolute Gasteiger partial charge is 0.425 e. The highest BCUT2D eigenvalue weighted by atomic mass is 32.2. The lowest BCUT2D eigenvalue weighted by atomic mass is 10.1. The first-order valence-corrected chi connectivity index (χ1v) is 13.2. The molecule has 0 amide bonds. The molecule has 0 aliphatic heterocycles. The van der Waals surface area contributed by atoms with Crippen molar-refractivity contribution >= 4 is 27.0 Å². The van der Waals surface area contributed by atoms with Crippen LogP contribution in [-0.4, -0.2) is 20.4 Å². The first-order valence-electron chi connectivity index (χ1n) is 11.7. The van der Waals surface area contributed by atoms with Crippen molar-refractivity contribution in [3.63, 3.8) is 0 Å². The van der Waals surface area contributed by atoms with Gasteiger partial charge in [0.1, 0.15) is 17.4 Å². The molecule has 1 aliphatic rings. The second-order valence-electron chi connectivity index (χ2n) is 8.96. The Hall–Kier alpha value is -3.75. The highest BCUT2D eigenvalue weighted by Crippen LogP contribution is 2.30. The summed E-state index contributed by atoms with van der Waals surface area (Å²) in [6.45, 7) is 1.86. The molecule has 0 bridgehead atoms. The van der Waals surface area contributed by atoms with Gasteiger partial charge in [-0.2, -0.15) is 4.72 Å². The topological polar surface area (TPSA) is 103 Å². The second-order valence-corrected chi connectivity index (χ2v) is 10.7. The fourth-order valence-electron chi connectivity index (χ4n) is 4.51. The van der Waals surface area contributed by atoms with E-state index in [0.717, 1.165) is 34.9 Å². The van der Waals surface area contributed by atoms with Crippen molar-refractivity contribution in [3.05, 3.63) is 105 Å². The van der Waals surface area contributed by atoms with E-state index in [0.29, 0.717) is 17.6 Å². The molecular weight excluding hydrogens is 478 g/mol. The van der Waals surface area contributed by atoms with Crippen molar-refractivity contribution < 1.29 is 22.4 Å². The SMILES string of the molecule is Cc1ccc(S(=O)(=O)N[C@H](Cc2ccccc2)C(=O)Oc2ccc3c4c(c(=O)oc3c2)CCC4)cc1. The van der Waals surface area contributed by atoms with Crippen LogP contribution in [0.1, 0.15) is 28.7 Å². The normalized spacial score (nSPS) is 13.9. The van der Waals surface area contributed by atoms with Gasteiger partial charge in [0.2, 0.25) is 10.0 Å². The van der Waals surface area contributed by atoms with E-state index in [9.17, 15) is 18.0 Å². The fourth-order valence-corrected chi connectivity index (χ4v) is 5.70. The van der Waals surface area contributed by atoms with Crippen LogP contribution in [0.5, 0.6) is 5.75 Å². The smallest absolute Gasteiger partial charge is 0.339 e. The van der Waals surface area contributed by atoms with Gasteiger partial charge in [-0.3, -0.25) is 0 Å². The average molecular weight is 504 g/mol. The minimum atomic E-state index is -3.99. The standard InChI is InChI=1S/C28H25NO6S/c1-18-10-13-21(14-11-18)36(32,33)29-25(16-19-6-3-2-4-7-19)28(31)34-20-12-15-23-22-8-5-9-24(22)27(30)35-26(23)17-20/h2-4,6-7,10-15,17,25,29H,5,8-9,16H2,1H3/t25-/m1/s1. The number of hydrogen-bond acceptors (Lipinski definition) is 6. The van der Waals surface area contributed by atoms with Crippen LogP contribution in [0.25, 0.3) is 11.0 Å². The summed E-state index contributed by atoms with van der Waals surface area (Å²) in [4.78, 5) is 25.6. The van der Waals surface area contributed by atoms with Crippen molar-refractivity contribution in [2.75, 3.05) is 0 Å². The van der Waals surface area contributed by atoms with E-state index in [1.807, 2.05) is 37.3 Å². The maximum Gasteiger partial charge on any atom is 0.339 e. The van der Waals surface area contributed by atoms with Gasteiger partial charge in [-0.15, -0.1) is 0 Å². The van der Waals surface area contributed by atoms with E-state index >= 15 is 0 Å². The van der Waals surface area contributed by atoms with Crippen LogP contribution in [-0.2, 0) is 34.1 Å². The molecular formula is C28H25NO6S. The van der Waals surface area contributed by atoms with Gasteiger partial charge in [-0.1, -0.05) is 48.0 Å². The fraction of sp³-hybridized carbons (Fsp3) is 0.214. The molecule has 3 aromatic carbocycles. The van der Waals surface area contributed by atoms with Crippen molar-refractivity contribution in [1.82, 2.24) is 4.72 Å². The Labute approximate surface area is 208 Å². The lowest BCUT2D eigenvalue weighted by molar-refractivity contribution is -0.136. The van der Waals surface area contributed by atoms with Gasteiger partial charge < -0.3 is 9.15 Å². The number of carbonyl (C=O) groups excluding carboxylic acids is 1. The molecule has 4 aromatic rings. The van der Waals surface area contributed by atoms with Gasteiger partial charge in [0.05, 0.1) is 4.90 Å². The van der Waals surface area contributed by atoms with Crippen LogP contribution in [0.3, 0.4) is 0 Å². The van der Waals surface area contributed by atoms with E-state index < -0.39 is 22.0 Å².